The van der Waals surface area contributed by atoms with Gasteiger partial charge in [-0.2, -0.15) is 5.26 Å². The standard InChI is InChI=1S/C21H17N5O/c22-11-15-4-3-7-19(10-15)25-20(27)18-12-23-21(24-13-18)26-9-8-16-5-1-2-6-17(16)14-26/h1-7,10,12-13H,8-9,14H2,(H,25,27). The fraction of sp³-hybridized carbons (Fsp3) is 0.143. The summed E-state index contributed by atoms with van der Waals surface area (Å²) >= 11 is 0. The van der Waals surface area contributed by atoms with E-state index in [-0.39, 0.29) is 5.91 Å². The van der Waals surface area contributed by atoms with Gasteiger partial charge in [-0.15, -0.1) is 0 Å². The minimum Gasteiger partial charge on any atom is -0.336 e. The van der Waals surface area contributed by atoms with Gasteiger partial charge in [-0.25, -0.2) is 9.97 Å². The zero-order valence-electron chi connectivity index (χ0n) is 14.6. The Morgan fingerprint density at radius 2 is 1.85 bits per heavy atom. The van der Waals surface area contributed by atoms with Crippen molar-refractivity contribution in [3.8, 4) is 6.07 Å². The van der Waals surface area contributed by atoms with Crippen LogP contribution in [0, 0.1) is 11.3 Å². The number of benzene rings is 2. The first-order chi connectivity index (χ1) is 13.2. The number of nitrogens with one attached hydrogen (secondary N) is 1. The van der Waals surface area contributed by atoms with Crippen LogP contribution in [0.2, 0.25) is 0 Å². The Balaban J connectivity index is 1.46. The molecule has 0 bridgehead atoms. The van der Waals surface area contributed by atoms with Crippen LogP contribution in [0.3, 0.4) is 0 Å². The summed E-state index contributed by atoms with van der Waals surface area (Å²) in [6, 6.07) is 17.2. The van der Waals surface area contributed by atoms with Gasteiger partial charge in [0.1, 0.15) is 0 Å². The van der Waals surface area contributed by atoms with E-state index in [9.17, 15) is 4.79 Å². The lowest BCUT2D eigenvalue weighted by Gasteiger charge is -2.28. The van der Waals surface area contributed by atoms with Crippen molar-refractivity contribution in [2.75, 3.05) is 16.8 Å². The van der Waals surface area contributed by atoms with Crippen LogP contribution in [0.15, 0.2) is 60.9 Å². The van der Waals surface area contributed by atoms with Crippen molar-refractivity contribution in [2.24, 2.45) is 0 Å². The third-order valence-electron chi connectivity index (χ3n) is 4.56. The molecule has 0 spiro atoms. The van der Waals surface area contributed by atoms with Crippen LogP contribution in [0.5, 0.6) is 0 Å². The van der Waals surface area contributed by atoms with Crippen LogP contribution in [0.1, 0.15) is 27.0 Å². The molecule has 1 aromatic heterocycles. The predicted octanol–water partition coefficient (Wildman–Crippen LogP) is 3.16. The molecule has 0 saturated carbocycles. The fourth-order valence-electron chi connectivity index (χ4n) is 3.14. The zero-order chi connectivity index (χ0) is 18.6. The molecular weight excluding hydrogens is 338 g/mol. The lowest BCUT2D eigenvalue weighted by Crippen LogP contribution is -2.31. The molecule has 0 saturated heterocycles. The van der Waals surface area contributed by atoms with Crippen molar-refractivity contribution in [2.45, 2.75) is 13.0 Å². The van der Waals surface area contributed by atoms with Crippen LogP contribution < -0.4 is 10.2 Å². The van der Waals surface area contributed by atoms with Crippen LogP contribution in [-0.2, 0) is 13.0 Å². The molecule has 1 aliphatic heterocycles. The highest BCUT2D eigenvalue weighted by Crippen LogP contribution is 2.21. The highest BCUT2D eigenvalue weighted by Gasteiger charge is 2.18. The Labute approximate surface area is 157 Å². The smallest absolute Gasteiger partial charge is 0.258 e. The molecule has 0 unspecified atom stereocenters. The largest absolute Gasteiger partial charge is 0.336 e. The van der Waals surface area contributed by atoms with Gasteiger partial charge >= 0.3 is 0 Å². The second kappa shape index (κ2) is 7.26. The number of nitrogens with zero attached hydrogens (tertiary/aromatic N) is 4. The molecule has 1 amide bonds. The number of hydrogen-bond acceptors (Lipinski definition) is 5. The molecule has 6 heteroatoms. The average molecular weight is 355 g/mol. The fourth-order valence-corrected chi connectivity index (χ4v) is 3.14. The molecule has 3 aromatic rings. The van der Waals surface area contributed by atoms with E-state index >= 15 is 0 Å². The van der Waals surface area contributed by atoms with E-state index < -0.39 is 0 Å². The molecular formula is C21H17N5O. The molecule has 0 aliphatic carbocycles. The van der Waals surface area contributed by atoms with Gasteiger partial charge < -0.3 is 10.2 Å². The van der Waals surface area contributed by atoms with E-state index in [4.69, 9.17) is 5.26 Å². The number of anilines is 2. The summed E-state index contributed by atoms with van der Waals surface area (Å²) in [5, 5.41) is 11.7. The number of nitriles is 1. The molecule has 6 nitrogen and oxygen atoms in total. The normalized spacial score (nSPS) is 12.8. The molecule has 4 rings (SSSR count). The SMILES string of the molecule is N#Cc1cccc(NC(=O)c2cnc(N3CCc4ccccc4C3)nc2)c1. The summed E-state index contributed by atoms with van der Waals surface area (Å²) in [6.07, 6.45) is 4.02. The molecule has 0 radical (unpaired) electrons. The van der Waals surface area contributed by atoms with Gasteiger partial charge in [0, 0.05) is 31.2 Å². The predicted molar refractivity (Wildman–Crippen MR) is 102 cm³/mol. The van der Waals surface area contributed by atoms with Gasteiger partial charge in [0.2, 0.25) is 5.95 Å². The summed E-state index contributed by atoms with van der Waals surface area (Å²) in [4.78, 5) is 23.2. The van der Waals surface area contributed by atoms with Crippen molar-refractivity contribution in [3.05, 3.63) is 83.2 Å². The van der Waals surface area contributed by atoms with Crippen molar-refractivity contribution in [1.82, 2.24) is 9.97 Å². The number of amides is 1. The van der Waals surface area contributed by atoms with E-state index in [2.05, 4.69) is 38.4 Å². The Kier molecular flexibility index (Phi) is 4.50. The summed E-state index contributed by atoms with van der Waals surface area (Å²) in [5.41, 5.74) is 4.08. The monoisotopic (exact) mass is 355 g/mol. The first-order valence-corrected chi connectivity index (χ1v) is 8.68. The molecule has 1 N–H and O–H groups in total. The van der Waals surface area contributed by atoms with Crippen molar-refractivity contribution in [1.29, 1.82) is 5.26 Å². The van der Waals surface area contributed by atoms with E-state index in [1.54, 1.807) is 24.3 Å². The van der Waals surface area contributed by atoms with E-state index in [1.165, 1.54) is 23.5 Å². The minimum atomic E-state index is -0.305. The molecule has 0 atom stereocenters. The van der Waals surface area contributed by atoms with Crippen LogP contribution >= 0.6 is 0 Å². The molecule has 2 aromatic carbocycles. The average Bonchev–Trinajstić information content (AvgIpc) is 2.73. The number of fused-ring (bicyclic) bond motifs is 1. The maximum Gasteiger partial charge on any atom is 0.258 e. The quantitative estimate of drug-likeness (QED) is 0.780. The second-order valence-electron chi connectivity index (χ2n) is 6.36. The first-order valence-electron chi connectivity index (χ1n) is 8.68. The van der Waals surface area contributed by atoms with Gasteiger partial charge in [-0.3, -0.25) is 4.79 Å². The Morgan fingerprint density at radius 1 is 1.07 bits per heavy atom. The zero-order valence-corrected chi connectivity index (χ0v) is 14.6. The summed E-state index contributed by atoms with van der Waals surface area (Å²) in [6.45, 7) is 1.62. The molecule has 132 valence electrons. The van der Waals surface area contributed by atoms with Crippen molar-refractivity contribution in [3.63, 3.8) is 0 Å². The third kappa shape index (κ3) is 3.62. The van der Waals surface area contributed by atoms with E-state index in [0.717, 1.165) is 19.5 Å². The Bertz CT molecular complexity index is 1020. The van der Waals surface area contributed by atoms with Gasteiger partial charge in [0.15, 0.2) is 0 Å². The number of carbonyl (C=O) groups excluding carboxylic acids is 1. The Hall–Kier alpha value is -3.72. The minimum absolute atomic E-state index is 0.305. The topological polar surface area (TPSA) is 81.9 Å². The number of hydrogen-bond donors (Lipinski definition) is 1. The van der Waals surface area contributed by atoms with Crippen LogP contribution in [0.4, 0.5) is 11.6 Å². The molecule has 1 aliphatic rings. The van der Waals surface area contributed by atoms with Crippen LogP contribution in [0.25, 0.3) is 0 Å². The number of aromatic nitrogens is 2. The maximum absolute atomic E-state index is 12.4. The van der Waals surface area contributed by atoms with E-state index in [0.29, 0.717) is 22.8 Å². The third-order valence-corrected chi connectivity index (χ3v) is 4.56. The summed E-state index contributed by atoms with van der Waals surface area (Å²) in [7, 11) is 0. The highest BCUT2D eigenvalue weighted by molar-refractivity contribution is 6.03. The highest BCUT2D eigenvalue weighted by atomic mass is 16.1. The maximum atomic E-state index is 12.4. The van der Waals surface area contributed by atoms with Gasteiger partial charge in [0.25, 0.3) is 5.91 Å². The van der Waals surface area contributed by atoms with Crippen molar-refractivity contribution >= 4 is 17.5 Å². The molecule has 27 heavy (non-hydrogen) atoms. The molecule has 2 heterocycles. The molecule has 0 fully saturated rings. The summed E-state index contributed by atoms with van der Waals surface area (Å²) in [5.74, 6) is 0.313. The summed E-state index contributed by atoms with van der Waals surface area (Å²) < 4.78 is 0. The van der Waals surface area contributed by atoms with Crippen molar-refractivity contribution < 1.29 is 4.79 Å². The number of carbonyl (C=O) groups is 1. The Morgan fingerprint density at radius 3 is 2.63 bits per heavy atom. The second-order valence-corrected chi connectivity index (χ2v) is 6.36. The number of rotatable bonds is 3. The van der Waals surface area contributed by atoms with Gasteiger partial charge in [0.05, 0.1) is 17.2 Å². The van der Waals surface area contributed by atoms with Crippen LogP contribution in [-0.4, -0.2) is 22.4 Å². The van der Waals surface area contributed by atoms with Gasteiger partial charge in [-0.1, -0.05) is 30.3 Å². The lowest BCUT2D eigenvalue weighted by atomic mass is 10.0. The van der Waals surface area contributed by atoms with Gasteiger partial charge in [-0.05, 0) is 35.7 Å². The first kappa shape index (κ1) is 16.7. The van der Waals surface area contributed by atoms with E-state index in [1.807, 2.05) is 12.1 Å². The lowest BCUT2D eigenvalue weighted by molar-refractivity contribution is 0.102.